The van der Waals surface area contributed by atoms with Gasteiger partial charge in [0.1, 0.15) is 11.6 Å². The highest BCUT2D eigenvalue weighted by atomic mass is 32.2. The number of benzene rings is 3. The molecule has 5 rings (SSSR count). The van der Waals surface area contributed by atoms with Crippen molar-refractivity contribution in [2.45, 2.75) is 56.6 Å². The number of likely N-dealkylation sites (tertiary alicyclic amines) is 1. The first-order valence-electron chi connectivity index (χ1n) is 14.2. The highest BCUT2D eigenvalue weighted by molar-refractivity contribution is 7.89. The van der Waals surface area contributed by atoms with E-state index in [0.717, 1.165) is 40.1 Å². The first-order chi connectivity index (χ1) is 20.0. The number of aromatic amines is 1. The van der Waals surface area contributed by atoms with E-state index in [1.807, 2.05) is 69.3 Å². The van der Waals surface area contributed by atoms with E-state index in [2.05, 4.69) is 9.71 Å². The molecule has 9 nitrogen and oxygen atoms in total. The molecule has 222 valence electrons. The van der Waals surface area contributed by atoms with E-state index >= 15 is 0 Å². The number of nitrogens with one attached hydrogen (secondary N) is 2. The predicted octanol–water partition coefficient (Wildman–Crippen LogP) is 5.40. The number of fused-ring (bicyclic) bond motifs is 2. The van der Waals surface area contributed by atoms with E-state index < -0.39 is 27.6 Å². The Kier molecular flexibility index (Phi) is 8.56. The van der Waals surface area contributed by atoms with Gasteiger partial charge in [0.25, 0.3) is 0 Å². The van der Waals surface area contributed by atoms with Crippen LogP contribution in [0.4, 0.5) is 4.79 Å². The van der Waals surface area contributed by atoms with Gasteiger partial charge in [-0.05, 0) is 68.1 Å². The molecule has 3 aromatic carbocycles. The molecule has 1 amide bonds. The van der Waals surface area contributed by atoms with Crippen LogP contribution in [0.1, 0.15) is 39.2 Å². The summed E-state index contributed by atoms with van der Waals surface area (Å²) in [7, 11) is -4.06. The van der Waals surface area contributed by atoms with Crippen molar-refractivity contribution >= 4 is 43.8 Å². The Hall–Kier alpha value is -3.89. The van der Waals surface area contributed by atoms with E-state index in [0.29, 0.717) is 13.1 Å². The van der Waals surface area contributed by atoms with E-state index in [-0.39, 0.29) is 29.9 Å². The lowest BCUT2D eigenvalue weighted by molar-refractivity contribution is -0.147. The number of sulfonamides is 1. The summed E-state index contributed by atoms with van der Waals surface area (Å²) in [5.41, 5.74) is 1.08. The number of carbonyl (C=O) groups excluding carboxylic acids is 2. The third-order valence-electron chi connectivity index (χ3n) is 7.34. The van der Waals surface area contributed by atoms with Crippen molar-refractivity contribution in [3.8, 4) is 0 Å². The number of esters is 1. The fourth-order valence-electron chi connectivity index (χ4n) is 5.28. The van der Waals surface area contributed by atoms with E-state index in [1.165, 1.54) is 6.07 Å². The highest BCUT2D eigenvalue weighted by Crippen LogP contribution is 2.24. The number of rotatable bonds is 8. The molecule has 1 aromatic heterocycles. The molecule has 2 N–H and O–H groups in total. The van der Waals surface area contributed by atoms with Gasteiger partial charge in [-0.15, -0.1) is 0 Å². The van der Waals surface area contributed by atoms with E-state index in [4.69, 9.17) is 9.47 Å². The standard InChI is InChI=1S/C32H37N3O6S/c1-32(2,3)41-31(37)35-16-8-9-22(20-35)21-40-30(36)29(18-25-19-33-28-13-7-6-12-27(25)28)34-42(38,39)26-15-14-23-10-4-5-11-24(23)17-26/h4-7,10-15,17,19,22,29,33-34H,8-9,16,18,20-21H2,1-3H3/t22-,29+/m0/s1. The molecule has 0 aliphatic carbocycles. The average molecular weight is 592 g/mol. The molecule has 2 heterocycles. The van der Waals surface area contributed by atoms with Crippen LogP contribution in [0.5, 0.6) is 0 Å². The van der Waals surface area contributed by atoms with Gasteiger partial charge in [-0.25, -0.2) is 13.2 Å². The Bertz CT molecular complexity index is 1690. The van der Waals surface area contributed by atoms with Crippen LogP contribution in [0.15, 0.2) is 77.8 Å². The maximum atomic E-state index is 13.5. The minimum atomic E-state index is -4.06. The number of ether oxygens (including phenoxy) is 2. The monoisotopic (exact) mass is 591 g/mol. The Morgan fingerprint density at radius 1 is 1.05 bits per heavy atom. The van der Waals surface area contributed by atoms with Crippen LogP contribution in [0.3, 0.4) is 0 Å². The van der Waals surface area contributed by atoms with Gasteiger partial charge in [0.05, 0.1) is 11.5 Å². The van der Waals surface area contributed by atoms with Crippen LogP contribution in [0.25, 0.3) is 21.7 Å². The van der Waals surface area contributed by atoms with Crippen LogP contribution in [0, 0.1) is 5.92 Å². The summed E-state index contributed by atoms with van der Waals surface area (Å²) in [6.07, 6.45) is 3.04. The van der Waals surface area contributed by atoms with Crippen molar-refractivity contribution < 1.29 is 27.5 Å². The third-order valence-corrected chi connectivity index (χ3v) is 8.81. The Morgan fingerprint density at radius 3 is 2.57 bits per heavy atom. The van der Waals surface area contributed by atoms with Crippen molar-refractivity contribution in [2.24, 2.45) is 5.92 Å². The lowest BCUT2D eigenvalue weighted by Crippen LogP contribution is -2.46. The lowest BCUT2D eigenvalue weighted by Gasteiger charge is -2.34. The summed E-state index contributed by atoms with van der Waals surface area (Å²) in [6, 6.07) is 18.8. The van der Waals surface area contributed by atoms with Crippen LogP contribution in [0.2, 0.25) is 0 Å². The van der Waals surface area contributed by atoms with Gasteiger partial charge in [0.2, 0.25) is 10.0 Å². The van der Waals surface area contributed by atoms with Gasteiger partial charge in [-0.1, -0.05) is 48.5 Å². The molecule has 1 aliphatic rings. The number of amides is 1. The van der Waals surface area contributed by atoms with Gasteiger partial charge >= 0.3 is 12.1 Å². The molecular weight excluding hydrogens is 554 g/mol. The minimum absolute atomic E-state index is 0.0678. The van der Waals surface area contributed by atoms with Gasteiger partial charge < -0.3 is 19.4 Å². The lowest BCUT2D eigenvalue weighted by atomic mass is 9.99. The van der Waals surface area contributed by atoms with Crippen LogP contribution < -0.4 is 4.72 Å². The number of hydrogen-bond acceptors (Lipinski definition) is 6. The summed E-state index contributed by atoms with van der Waals surface area (Å²) < 4.78 is 40.9. The zero-order valence-electron chi connectivity index (χ0n) is 24.1. The first kappa shape index (κ1) is 29.6. The van der Waals surface area contributed by atoms with Crippen molar-refractivity contribution in [1.82, 2.24) is 14.6 Å². The molecule has 1 fully saturated rings. The fraction of sp³-hybridized carbons (Fsp3) is 0.375. The second-order valence-corrected chi connectivity index (χ2v) is 13.5. The van der Waals surface area contributed by atoms with Crippen molar-refractivity contribution in [1.29, 1.82) is 0 Å². The molecular formula is C32H37N3O6S. The topological polar surface area (TPSA) is 118 Å². The number of para-hydroxylation sites is 1. The molecule has 0 saturated carbocycles. The molecule has 1 aliphatic heterocycles. The largest absolute Gasteiger partial charge is 0.464 e. The molecule has 0 spiro atoms. The van der Waals surface area contributed by atoms with E-state index in [9.17, 15) is 18.0 Å². The summed E-state index contributed by atoms with van der Waals surface area (Å²) in [4.78, 5) is 31.0. The zero-order chi connectivity index (χ0) is 29.9. The minimum Gasteiger partial charge on any atom is -0.464 e. The summed E-state index contributed by atoms with van der Waals surface area (Å²) >= 11 is 0. The van der Waals surface area contributed by atoms with Crippen molar-refractivity contribution in [3.05, 3.63) is 78.5 Å². The van der Waals surface area contributed by atoms with E-state index in [1.54, 1.807) is 23.2 Å². The van der Waals surface area contributed by atoms with Crippen LogP contribution in [-0.4, -0.2) is 61.7 Å². The van der Waals surface area contributed by atoms with Crippen LogP contribution in [-0.2, 0) is 30.7 Å². The second-order valence-electron chi connectivity index (χ2n) is 11.8. The van der Waals surface area contributed by atoms with Crippen LogP contribution >= 0.6 is 0 Å². The molecule has 0 bridgehead atoms. The second kappa shape index (κ2) is 12.1. The maximum absolute atomic E-state index is 13.5. The fourth-order valence-corrected chi connectivity index (χ4v) is 6.50. The highest BCUT2D eigenvalue weighted by Gasteiger charge is 2.31. The van der Waals surface area contributed by atoms with Gasteiger partial charge in [-0.3, -0.25) is 4.79 Å². The normalized spacial score (nSPS) is 16.8. The quantitative estimate of drug-likeness (QED) is 0.265. The van der Waals surface area contributed by atoms with Crippen molar-refractivity contribution in [2.75, 3.05) is 19.7 Å². The molecule has 1 saturated heterocycles. The number of H-pyrrole nitrogens is 1. The Morgan fingerprint density at radius 2 is 1.79 bits per heavy atom. The zero-order valence-corrected chi connectivity index (χ0v) is 24.9. The smallest absolute Gasteiger partial charge is 0.410 e. The number of piperidine rings is 1. The molecule has 4 aromatic rings. The number of hydrogen-bond donors (Lipinski definition) is 2. The predicted molar refractivity (Wildman–Crippen MR) is 162 cm³/mol. The maximum Gasteiger partial charge on any atom is 0.410 e. The Balaban J connectivity index is 1.33. The van der Waals surface area contributed by atoms with Gasteiger partial charge in [0.15, 0.2) is 0 Å². The molecule has 42 heavy (non-hydrogen) atoms. The molecule has 2 atom stereocenters. The average Bonchev–Trinajstić information content (AvgIpc) is 3.37. The van der Waals surface area contributed by atoms with Gasteiger partial charge in [0, 0.05) is 42.5 Å². The number of carbonyl (C=O) groups is 2. The molecule has 10 heteroatoms. The molecule has 0 radical (unpaired) electrons. The summed E-state index contributed by atoms with van der Waals surface area (Å²) in [5.74, 6) is -0.750. The van der Waals surface area contributed by atoms with Gasteiger partial charge in [-0.2, -0.15) is 4.72 Å². The molecule has 0 unspecified atom stereocenters. The number of aromatic nitrogens is 1. The summed E-state index contributed by atoms with van der Waals surface area (Å²) in [6.45, 7) is 6.51. The SMILES string of the molecule is CC(C)(C)OC(=O)N1CCC[C@H](COC(=O)[C@@H](Cc2c[nH]c3ccccc23)NS(=O)(=O)c2ccc3ccccc3c2)C1. The number of nitrogens with zero attached hydrogens (tertiary/aromatic N) is 1. The third kappa shape index (κ3) is 7.11. The summed E-state index contributed by atoms with van der Waals surface area (Å²) in [5, 5.41) is 2.60. The first-order valence-corrected chi connectivity index (χ1v) is 15.7. The van der Waals surface area contributed by atoms with Crippen molar-refractivity contribution in [3.63, 3.8) is 0 Å². The Labute approximate surface area is 246 Å².